The van der Waals surface area contributed by atoms with E-state index >= 15 is 0 Å². The molecule has 0 aliphatic heterocycles. The molecule has 1 fully saturated rings. The van der Waals surface area contributed by atoms with Crippen molar-refractivity contribution in [3.63, 3.8) is 0 Å². The summed E-state index contributed by atoms with van der Waals surface area (Å²) >= 11 is 5.92. The van der Waals surface area contributed by atoms with Gasteiger partial charge < -0.3 is 9.15 Å². The molecule has 1 heterocycles. The Labute approximate surface area is 156 Å². The summed E-state index contributed by atoms with van der Waals surface area (Å²) in [6, 6.07) is 15.1. The highest BCUT2D eigenvalue weighted by molar-refractivity contribution is 6.30. The van der Waals surface area contributed by atoms with Crippen LogP contribution >= 0.6 is 11.6 Å². The van der Waals surface area contributed by atoms with E-state index in [1.54, 1.807) is 12.1 Å². The van der Waals surface area contributed by atoms with Crippen molar-refractivity contribution in [1.29, 1.82) is 0 Å². The molecule has 0 bridgehead atoms. The smallest absolute Gasteiger partial charge is 0.317 e. The third-order valence-corrected chi connectivity index (χ3v) is 4.85. The third kappa shape index (κ3) is 3.22. The van der Waals surface area contributed by atoms with E-state index in [-0.39, 0.29) is 18.5 Å². The molecule has 1 aromatic heterocycles. The summed E-state index contributed by atoms with van der Waals surface area (Å²) in [5.41, 5.74) is 2.31. The number of rotatable bonds is 5. The molecule has 5 nitrogen and oxygen atoms in total. The molecule has 1 saturated carbocycles. The highest BCUT2D eigenvalue weighted by Gasteiger charge is 2.52. The van der Waals surface area contributed by atoms with E-state index in [0.29, 0.717) is 10.9 Å². The minimum atomic E-state index is -0.565. The second kappa shape index (κ2) is 6.57. The number of carbonyl (C=O) groups is 1. The highest BCUT2D eigenvalue weighted by Crippen LogP contribution is 2.49. The summed E-state index contributed by atoms with van der Waals surface area (Å²) < 4.78 is 11.1. The number of aromatic nitrogens is 2. The fourth-order valence-electron chi connectivity index (χ4n) is 2.98. The van der Waals surface area contributed by atoms with Crippen molar-refractivity contribution in [2.24, 2.45) is 0 Å². The van der Waals surface area contributed by atoms with Gasteiger partial charge in [-0.1, -0.05) is 41.4 Å². The van der Waals surface area contributed by atoms with Gasteiger partial charge in [0.2, 0.25) is 5.89 Å². The highest BCUT2D eigenvalue weighted by atomic mass is 35.5. The Bertz CT molecular complexity index is 946. The van der Waals surface area contributed by atoms with Gasteiger partial charge >= 0.3 is 5.97 Å². The Morgan fingerprint density at radius 1 is 1.19 bits per heavy atom. The maximum atomic E-state index is 12.6. The van der Waals surface area contributed by atoms with E-state index in [4.69, 9.17) is 20.8 Å². The van der Waals surface area contributed by atoms with Gasteiger partial charge in [-0.05, 0) is 49.6 Å². The zero-order valence-electron chi connectivity index (χ0n) is 14.2. The van der Waals surface area contributed by atoms with E-state index in [1.807, 2.05) is 43.3 Å². The maximum Gasteiger partial charge on any atom is 0.317 e. The first kappa shape index (κ1) is 16.8. The number of esters is 1. The second-order valence-corrected chi connectivity index (χ2v) is 6.97. The van der Waals surface area contributed by atoms with Crippen LogP contribution in [-0.2, 0) is 21.6 Å². The molecule has 0 spiro atoms. The zero-order chi connectivity index (χ0) is 18.1. The molecule has 1 aliphatic carbocycles. The summed E-state index contributed by atoms with van der Waals surface area (Å²) in [7, 11) is 0. The zero-order valence-corrected chi connectivity index (χ0v) is 15.0. The lowest BCUT2D eigenvalue weighted by atomic mass is 9.96. The molecular weight excluding hydrogens is 352 g/mol. The van der Waals surface area contributed by atoms with Gasteiger partial charge in [-0.3, -0.25) is 4.79 Å². The van der Waals surface area contributed by atoms with Crippen molar-refractivity contribution in [1.82, 2.24) is 10.2 Å². The normalized spacial score (nSPS) is 14.8. The van der Waals surface area contributed by atoms with Crippen LogP contribution in [0, 0.1) is 6.92 Å². The van der Waals surface area contributed by atoms with E-state index < -0.39 is 5.41 Å². The molecule has 1 aliphatic rings. The van der Waals surface area contributed by atoms with Crippen LogP contribution in [0.3, 0.4) is 0 Å². The van der Waals surface area contributed by atoms with Crippen molar-refractivity contribution in [2.45, 2.75) is 31.8 Å². The van der Waals surface area contributed by atoms with Gasteiger partial charge in [0.25, 0.3) is 5.89 Å². The van der Waals surface area contributed by atoms with Crippen molar-refractivity contribution in [3.8, 4) is 11.5 Å². The topological polar surface area (TPSA) is 65.2 Å². The number of nitrogens with zero attached hydrogens (tertiary/aromatic N) is 2. The molecule has 0 unspecified atom stereocenters. The van der Waals surface area contributed by atoms with E-state index in [0.717, 1.165) is 29.5 Å². The molecule has 4 rings (SSSR count). The molecule has 0 amide bonds. The molecule has 0 N–H and O–H groups in total. The van der Waals surface area contributed by atoms with Gasteiger partial charge in [0, 0.05) is 10.6 Å². The molecule has 3 aromatic rings. The van der Waals surface area contributed by atoms with Crippen LogP contribution in [0.5, 0.6) is 0 Å². The van der Waals surface area contributed by atoms with Crippen molar-refractivity contribution in [3.05, 3.63) is 70.6 Å². The molecule has 132 valence electrons. The van der Waals surface area contributed by atoms with Gasteiger partial charge in [-0.2, -0.15) is 0 Å². The van der Waals surface area contributed by atoms with Crippen LogP contribution in [0.4, 0.5) is 0 Å². The largest absolute Gasteiger partial charge is 0.455 e. The molecule has 2 aromatic carbocycles. The summed E-state index contributed by atoms with van der Waals surface area (Å²) in [5, 5.41) is 8.64. The van der Waals surface area contributed by atoms with Crippen molar-refractivity contribution < 1.29 is 13.9 Å². The number of carbonyl (C=O) groups excluding carboxylic acids is 1. The maximum absolute atomic E-state index is 12.6. The number of hydrogen-bond donors (Lipinski definition) is 0. The molecule has 0 atom stereocenters. The average Bonchev–Trinajstić information content (AvgIpc) is 3.31. The number of ether oxygens (including phenoxy) is 1. The second-order valence-electron chi connectivity index (χ2n) is 6.54. The SMILES string of the molecule is Cc1cccc(-c2nnc(COC(=O)C3(c4ccc(Cl)cc4)CC3)o2)c1. The fraction of sp³-hybridized carbons (Fsp3) is 0.250. The van der Waals surface area contributed by atoms with Crippen LogP contribution in [0.2, 0.25) is 5.02 Å². The molecular formula is C20H17ClN2O3. The van der Waals surface area contributed by atoms with Crippen LogP contribution in [0.1, 0.15) is 29.9 Å². The van der Waals surface area contributed by atoms with Gasteiger partial charge in [-0.25, -0.2) is 0 Å². The van der Waals surface area contributed by atoms with Gasteiger partial charge in [-0.15, -0.1) is 10.2 Å². The lowest BCUT2D eigenvalue weighted by Crippen LogP contribution is -2.23. The van der Waals surface area contributed by atoms with Gasteiger partial charge in [0.05, 0.1) is 5.41 Å². The Kier molecular flexibility index (Phi) is 4.24. The Balaban J connectivity index is 1.43. The monoisotopic (exact) mass is 368 g/mol. The minimum absolute atomic E-state index is 0.0347. The first-order valence-corrected chi connectivity index (χ1v) is 8.77. The summed E-state index contributed by atoms with van der Waals surface area (Å²) in [6.45, 7) is 1.96. The lowest BCUT2D eigenvalue weighted by molar-refractivity contribution is -0.148. The van der Waals surface area contributed by atoms with Gasteiger partial charge in [0.15, 0.2) is 6.61 Å². The number of halogens is 1. The molecule has 26 heavy (non-hydrogen) atoms. The number of hydrogen-bond acceptors (Lipinski definition) is 5. The summed E-state index contributed by atoms with van der Waals surface area (Å²) in [4.78, 5) is 12.6. The van der Waals surface area contributed by atoms with E-state index in [2.05, 4.69) is 10.2 Å². The molecule has 6 heteroatoms. The van der Waals surface area contributed by atoms with Crippen LogP contribution < -0.4 is 0 Å². The van der Waals surface area contributed by atoms with Crippen molar-refractivity contribution in [2.75, 3.05) is 0 Å². The third-order valence-electron chi connectivity index (χ3n) is 4.60. The first-order valence-electron chi connectivity index (χ1n) is 8.39. The Hall–Kier alpha value is -2.66. The number of benzene rings is 2. The molecule has 0 radical (unpaired) electrons. The van der Waals surface area contributed by atoms with Crippen LogP contribution in [0.25, 0.3) is 11.5 Å². The van der Waals surface area contributed by atoms with Crippen LogP contribution in [0.15, 0.2) is 52.9 Å². The summed E-state index contributed by atoms with van der Waals surface area (Å²) in [6.07, 6.45) is 1.54. The Morgan fingerprint density at radius 2 is 1.96 bits per heavy atom. The minimum Gasteiger partial charge on any atom is -0.455 e. The number of aryl methyl sites for hydroxylation is 1. The summed E-state index contributed by atoms with van der Waals surface area (Å²) in [5.74, 6) is 0.426. The predicted octanol–water partition coefficient (Wildman–Crippen LogP) is 4.47. The van der Waals surface area contributed by atoms with Crippen LogP contribution in [-0.4, -0.2) is 16.2 Å². The van der Waals surface area contributed by atoms with Gasteiger partial charge in [0.1, 0.15) is 0 Å². The Morgan fingerprint density at radius 3 is 2.65 bits per heavy atom. The standard InChI is InChI=1S/C20H17ClN2O3/c1-13-3-2-4-14(11-13)18-23-22-17(26-18)12-25-19(24)20(9-10-20)15-5-7-16(21)8-6-15/h2-8,11H,9-10,12H2,1H3. The van der Waals surface area contributed by atoms with E-state index in [1.165, 1.54) is 0 Å². The van der Waals surface area contributed by atoms with E-state index in [9.17, 15) is 4.79 Å². The fourth-order valence-corrected chi connectivity index (χ4v) is 3.10. The quantitative estimate of drug-likeness (QED) is 0.621. The van der Waals surface area contributed by atoms with Crippen molar-refractivity contribution >= 4 is 17.6 Å². The lowest BCUT2D eigenvalue weighted by Gasteiger charge is -2.14. The molecule has 0 saturated heterocycles. The first-order chi connectivity index (χ1) is 12.6. The predicted molar refractivity (Wildman–Crippen MR) is 96.6 cm³/mol. The average molecular weight is 369 g/mol.